The molecule has 1 unspecified atom stereocenters. The second-order valence-electron chi connectivity index (χ2n) is 6.48. The van der Waals surface area contributed by atoms with Crippen LogP contribution in [0.2, 0.25) is 10.0 Å². The quantitative estimate of drug-likeness (QED) is 0.556. The van der Waals surface area contributed by atoms with Crippen LogP contribution in [0.25, 0.3) is 17.1 Å². The Labute approximate surface area is 183 Å². The monoisotopic (exact) mass is 444 g/mol. The number of nitrogens with one attached hydrogen (secondary N) is 1. The molecule has 0 radical (unpaired) electrons. The predicted octanol–water partition coefficient (Wildman–Crippen LogP) is 4.07. The van der Waals surface area contributed by atoms with Gasteiger partial charge in [0.1, 0.15) is 12.1 Å². The van der Waals surface area contributed by atoms with Crippen LogP contribution in [-0.2, 0) is 9.59 Å². The molecule has 9 heteroatoms. The van der Waals surface area contributed by atoms with Gasteiger partial charge in [-0.2, -0.15) is 0 Å². The highest BCUT2D eigenvalue weighted by molar-refractivity contribution is 6.33. The van der Waals surface area contributed by atoms with Gasteiger partial charge in [-0.25, -0.2) is 4.98 Å². The number of amides is 2. The summed E-state index contributed by atoms with van der Waals surface area (Å²) in [5.74, 6) is -0.104. The number of aromatic nitrogens is 2. The van der Waals surface area contributed by atoms with Crippen molar-refractivity contribution in [3.63, 3.8) is 0 Å². The number of aldehydes is 1. The van der Waals surface area contributed by atoms with Crippen molar-refractivity contribution in [3.8, 4) is 17.1 Å². The Hall–Kier alpha value is -3.16. The van der Waals surface area contributed by atoms with E-state index < -0.39 is 11.9 Å². The third kappa shape index (κ3) is 4.08. The fourth-order valence-electron chi connectivity index (χ4n) is 2.88. The highest BCUT2D eigenvalue weighted by atomic mass is 35.5. The SMILES string of the molecule is CC(C=O)N(C)C(=O)c1c(NC=O)nc(-c2ccccc2Cl)n1-c1ccc(Cl)cc1. The van der Waals surface area contributed by atoms with Crippen LogP contribution in [0.4, 0.5) is 5.82 Å². The van der Waals surface area contributed by atoms with Gasteiger partial charge >= 0.3 is 0 Å². The molecule has 1 N–H and O–H groups in total. The highest BCUT2D eigenvalue weighted by Gasteiger charge is 2.29. The molecule has 0 saturated heterocycles. The van der Waals surface area contributed by atoms with Crippen molar-refractivity contribution in [1.82, 2.24) is 14.5 Å². The van der Waals surface area contributed by atoms with Gasteiger partial charge < -0.3 is 15.0 Å². The van der Waals surface area contributed by atoms with Gasteiger partial charge in [-0.05, 0) is 43.3 Å². The van der Waals surface area contributed by atoms with Gasteiger partial charge in [0.2, 0.25) is 6.41 Å². The summed E-state index contributed by atoms with van der Waals surface area (Å²) in [7, 11) is 1.50. The second-order valence-corrected chi connectivity index (χ2v) is 7.32. The number of rotatable bonds is 7. The van der Waals surface area contributed by atoms with E-state index in [0.29, 0.717) is 39.8 Å². The minimum Gasteiger partial charge on any atom is -0.331 e. The summed E-state index contributed by atoms with van der Waals surface area (Å²) >= 11 is 12.4. The van der Waals surface area contributed by atoms with Crippen molar-refractivity contribution < 1.29 is 14.4 Å². The van der Waals surface area contributed by atoms with Gasteiger partial charge in [0, 0.05) is 23.3 Å². The molecule has 154 valence electrons. The molecule has 7 nitrogen and oxygen atoms in total. The van der Waals surface area contributed by atoms with Gasteiger partial charge in [0.05, 0.1) is 11.1 Å². The van der Waals surface area contributed by atoms with Crippen molar-refractivity contribution >= 4 is 47.6 Å². The molecule has 0 saturated carbocycles. The Bertz CT molecular complexity index is 1100. The molecule has 2 aromatic carbocycles. The summed E-state index contributed by atoms with van der Waals surface area (Å²) in [5.41, 5.74) is 1.22. The fraction of sp³-hybridized carbons (Fsp3) is 0.143. The summed E-state index contributed by atoms with van der Waals surface area (Å²) in [6, 6.07) is 13.1. The lowest BCUT2D eigenvalue weighted by molar-refractivity contribution is -0.111. The van der Waals surface area contributed by atoms with Gasteiger partial charge in [0.15, 0.2) is 11.5 Å². The number of nitrogens with zero attached hydrogens (tertiary/aromatic N) is 3. The predicted molar refractivity (Wildman–Crippen MR) is 116 cm³/mol. The van der Waals surface area contributed by atoms with Crippen molar-refractivity contribution in [1.29, 1.82) is 0 Å². The highest BCUT2D eigenvalue weighted by Crippen LogP contribution is 2.34. The number of carbonyl (C=O) groups excluding carboxylic acids is 3. The summed E-state index contributed by atoms with van der Waals surface area (Å²) in [6.45, 7) is 1.59. The second kappa shape index (κ2) is 9.11. The summed E-state index contributed by atoms with van der Waals surface area (Å²) in [6.07, 6.45) is 1.09. The molecule has 0 fully saturated rings. The molecule has 1 heterocycles. The van der Waals surface area contributed by atoms with Crippen molar-refractivity contribution in [2.45, 2.75) is 13.0 Å². The van der Waals surface area contributed by atoms with E-state index in [1.54, 1.807) is 60.0 Å². The lowest BCUT2D eigenvalue weighted by Gasteiger charge is -2.22. The van der Waals surface area contributed by atoms with Crippen LogP contribution in [0, 0.1) is 0 Å². The van der Waals surface area contributed by atoms with Crippen LogP contribution in [0.5, 0.6) is 0 Å². The molecular formula is C21H18Cl2N4O3. The Morgan fingerprint density at radius 3 is 2.40 bits per heavy atom. The average Bonchev–Trinajstić information content (AvgIpc) is 3.12. The first kappa shape index (κ1) is 21.5. The number of hydrogen-bond acceptors (Lipinski definition) is 4. The van der Waals surface area contributed by atoms with Crippen LogP contribution in [0.3, 0.4) is 0 Å². The Morgan fingerprint density at radius 2 is 1.80 bits per heavy atom. The summed E-state index contributed by atoms with van der Waals surface area (Å²) in [4.78, 5) is 41.5. The molecule has 2 amide bonds. The van der Waals surface area contributed by atoms with Crippen LogP contribution in [0.1, 0.15) is 17.4 Å². The van der Waals surface area contributed by atoms with E-state index in [4.69, 9.17) is 23.2 Å². The van der Waals surface area contributed by atoms with Gasteiger partial charge in [0.25, 0.3) is 5.91 Å². The van der Waals surface area contributed by atoms with Crippen molar-refractivity contribution in [2.75, 3.05) is 12.4 Å². The average molecular weight is 445 g/mol. The van der Waals surface area contributed by atoms with E-state index in [1.807, 2.05) is 0 Å². The number of halogens is 2. The third-order valence-electron chi connectivity index (χ3n) is 4.60. The lowest BCUT2D eigenvalue weighted by Crippen LogP contribution is -2.37. The smallest absolute Gasteiger partial charge is 0.275 e. The standard InChI is InChI=1S/C21H18Cl2N4O3/c1-13(11-28)26(2)21(30)18-19(24-12-29)25-20(16-5-3-4-6-17(16)23)27(18)15-9-7-14(22)8-10-15/h3-13H,1-2H3,(H,24,29). The number of benzene rings is 2. The topological polar surface area (TPSA) is 84.3 Å². The maximum atomic E-state index is 13.3. The Balaban J connectivity index is 2.34. The number of likely N-dealkylation sites (N-methyl/N-ethyl adjacent to an activating group) is 1. The lowest BCUT2D eigenvalue weighted by atomic mass is 10.2. The zero-order valence-electron chi connectivity index (χ0n) is 16.2. The summed E-state index contributed by atoms with van der Waals surface area (Å²) in [5, 5.41) is 3.42. The molecule has 0 spiro atoms. The molecular weight excluding hydrogens is 427 g/mol. The largest absolute Gasteiger partial charge is 0.331 e. The fourth-order valence-corrected chi connectivity index (χ4v) is 3.23. The number of hydrogen-bond donors (Lipinski definition) is 1. The zero-order chi connectivity index (χ0) is 21.8. The van der Waals surface area contributed by atoms with Crippen LogP contribution in [0.15, 0.2) is 48.5 Å². The first-order valence-electron chi connectivity index (χ1n) is 8.95. The molecule has 30 heavy (non-hydrogen) atoms. The van der Waals surface area contributed by atoms with E-state index >= 15 is 0 Å². The van der Waals surface area contributed by atoms with Crippen LogP contribution < -0.4 is 5.32 Å². The summed E-state index contributed by atoms with van der Waals surface area (Å²) < 4.78 is 1.58. The normalized spacial score (nSPS) is 11.6. The number of anilines is 1. The van der Waals surface area contributed by atoms with E-state index in [0.717, 1.165) is 0 Å². The van der Waals surface area contributed by atoms with Gasteiger partial charge in [-0.15, -0.1) is 0 Å². The zero-order valence-corrected chi connectivity index (χ0v) is 17.7. The van der Waals surface area contributed by atoms with Gasteiger partial charge in [-0.1, -0.05) is 35.3 Å². The third-order valence-corrected chi connectivity index (χ3v) is 5.18. The maximum absolute atomic E-state index is 13.3. The molecule has 0 bridgehead atoms. The first-order valence-corrected chi connectivity index (χ1v) is 9.70. The van der Waals surface area contributed by atoms with Crippen molar-refractivity contribution in [3.05, 3.63) is 64.3 Å². The molecule has 0 aliphatic carbocycles. The number of carbonyl (C=O) groups is 3. The molecule has 1 aromatic heterocycles. The van der Waals surface area contributed by atoms with Crippen LogP contribution in [-0.4, -0.2) is 46.1 Å². The molecule has 3 rings (SSSR count). The van der Waals surface area contributed by atoms with Crippen LogP contribution >= 0.6 is 23.2 Å². The molecule has 1 atom stereocenters. The molecule has 0 aliphatic heterocycles. The molecule has 3 aromatic rings. The van der Waals surface area contributed by atoms with E-state index in [1.165, 1.54) is 11.9 Å². The van der Waals surface area contributed by atoms with Crippen molar-refractivity contribution in [2.24, 2.45) is 0 Å². The Morgan fingerprint density at radius 1 is 1.13 bits per heavy atom. The number of imidazole rings is 1. The maximum Gasteiger partial charge on any atom is 0.275 e. The minimum absolute atomic E-state index is 0.0461. The molecule has 0 aliphatic rings. The Kier molecular flexibility index (Phi) is 6.54. The first-order chi connectivity index (χ1) is 14.4. The van der Waals surface area contributed by atoms with E-state index in [9.17, 15) is 14.4 Å². The van der Waals surface area contributed by atoms with E-state index in [-0.39, 0.29) is 11.5 Å². The minimum atomic E-state index is -0.682. The van der Waals surface area contributed by atoms with Gasteiger partial charge in [-0.3, -0.25) is 14.2 Å². The van der Waals surface area contributed by atoms with E-state index in [2.05, 4.69) is 10.3 Å².